The Balaban J connectivity index is 1.97. The Kier molecular flexibility index (Phi) is 9.27. The Bertz CT molecular complexity index is 1140. The van der Waals surface area contributed by atoms with E-state index in [0.29, 0.717) is 30.9 Å². The van der Waals surface area contributed by atoms with Gasteiger partial charge in [-0.25, -0.2) is 8.42 Å². The lowest BCUT2D eigenvalue weighted by molar-refractivity contribution is 0.0733. The summed E-state index contributed by atoms with van der Waals surface area (Å²) in [6, 6.07) is 8.36. The van der Waals surface area contributed by atoms with Gasteiger partial charge in [-0.3, -0.25) is 14.8 Å². The molecule has 0 amide bonds. The zero-order chi connectivity index (χ0) is 25.6. The number of fused-ring (bicyclic) bond motifs is 1. The largest absolute Gasteiger partial charge is 0.487 e. The Labute approximate surface area is 209 Å². The average Bonchev–Trinajstić information content (AvgIpc) is 2.81. The maximum atomic E-state index is 13.6. The molecule has 0 saturated carbocycles. The van der Waals surface area contributed by atoms with Crippen molar-refractivity contribution < 1.29 is 18.3 Å². The summed E-state index contributed by atoms with van der Waals surface area (Å²) in [6.45, 7) is 5.57. The SMILES string of the molecule is C[C@H](CO)N1C[C@H](C)[C@H](CN(C)Cc2cccnc2)Oc2cc(C#CCN(C)C)ccc2S1(=O)=O. The van der Waals surface area contributed by atoms with Crippen molar-refractivity contribution in [3.8, 4) is 17.6 Å². The fourth-order valence-electron chi connectivity index (χ4n) is 4.00. The molecule has 35 heavy (non-hydrogen) atoms. The minimum atomic E-state index is -3.87. The van der Waals surface area contributed by atoms with E-state index in [1.54, 1.807) is 31.3 Å². The van der Waals surface area contributed by atoms with Gasteiger partial charge in [0.2, 0.25) is 10.0 Å². The van der Waals surface area contributed by atoms with Crippen LogP contribution in [0.2, 0.25) is 0 Å². The minimum absolute atomic E-state index is 0.0998. The van der Waals surface area contributed by atoms with Gasteiger partial charge in [0.25, 0.3) is 0 Å². The highest BCUT2D eigenvalue weighted by Gasteiger charge is 2.38. The Morgan fingerprint density at radius 3 is 2.71 bits per heavy atom. The summed E-state index contributed by atoms with van der Waals surface area (Å²) in [5, 5.41) is 9.80. The number of aromatic nitrogens is 1. The Morgan fingerprint density at radius 1 is 1.29 bits per heavy atom. The fourth-order valence-corrected chi connectivity index (χ4v) is 5.82. The van der Waals surface area contributed by atoms with Gasteiger partial charge in [0, 0.05) is 49.6 Å². The van der Waals surface area contributed by atoms with E-state index in [4.69, 9.17) is 4.74 Å². The molecule has 1 aliphatic heterocycles. The number of hydrogen-bond acceptors (Lipinski definition) is 7. The quantitative estimate of drug-likeness (QED) is 0.581. The first-order valence-corrected chi connectivity index (χ1v) is 13.2. The summed E-state index contributed by atoms with van der Waals surface area (Å²) in [6.07, 6.45) is 3.31. The van der Waals surface area contributed by atoms with Gasteiger partial charge in [-0.15, -0.1) is 0 Å². The maximum Gasteiger partial charge on any atom is 0.247 e. The first-order valence-electron chi connectivity index (χ1n) is 11.8. The molecule has 1 N–H and O–H groups in total. The molecule has 1 aliphatic rings. The minimum Gasteiger partial charge on any atom is -0.487 e. The van der Waals surface area contributed by atoms with Gasteiger partial charge < -0.3 is 9.84 Å². The molecule has 3 rings (SSSR count). The van der Waals surface area contributed by atoms with Gasteiger partial charge in [0.15, 0.2) is 0 Å². The zero-order valence-corrected chi connectivity index (χ0v) is 22.0. The number of rotatable bonds is 7. The highest BCUT2D eigenvalue weighted by Crippen LogP contribution is 2.34. The van der Waals surface area contributed by atoms with Crippen LogP contribution in [0.1, 0.15) is 25.0 Å². The van der Waals surface area contributed by atoms with Gasteiger partial charge in [0.05, 0.1) is 13.2 Å². The van der Waals surface area contributed by atoms with Crippen LogP contribution in [0.3, 0.4) is 0 Å². The number of nitrogens with zero attached hydrogens (tertiary/aromatic N) is 4. The van der Waals surface area contributed by atoms with Crippen LogP contribution in [0.25, 0.3) is 0 Å². The summed E-state index contributed by atoms with van der Waals surface area (Å²) >= 11 is 0. The van der Waals surface area contributed by atoms with Crippen LogP contribution >= 0.6 is 0 Å². The number of sulfonamides is 1. The number of likely N-dealkylation sites (N-methyl/N-ethyl adjacent to an activating group) is 1. The van der Waals surface area contributed by atoms with Crippen LogP contribution in [0.4, 0.5) is 0 Å². The molecular weight excluding hydrogens is 464 g/mol. The fraction of sp³-hybridized carbons (Fsp3) is 0.500. The normalized spacial score (nSPS) is 20.8. The first-order chi connectivity index (χ1) is 16.6. The number of ether oxygens (including phenoxy) is 1. The van der Waals surface area contributed by atoms with E-state index < -0.39 is 16.1 Å². The average molecular weight is 501 g/mol. The van der Waals surface area contributed by atoms with Crippen molar-refractivity contribution in [2.75, 3.05) is 47.4 Å². The molecule has 9 heteroatoms. The first kappa shape index (κ1) is 27.1. The molecule has 0 aliphatic carbocycles. The molecule has 0 saturated heterocycles. The van der Waals surface area contributed by atoms with E-state index in [2.05, 4.69) is 21.7 Å². The molecule has 3 atom stereocenters. The van der Waals surface area contributed by atoms with E-state index in [0.717, 1.165) is 5.56 Å². The Hall–Kier alpha value is -2.48. The third-order valence-corrected chi connectivity index (χ3v) is 7.98. The van der Waals surface area contributed by atoms with Gasteiger partial charge in [-0.1, -0.05) is 24.8 Å². The van der Waals surface area contributed by atoms with Crippen molar-refractivity contribution >= 4 is 10.0 Å². The van der Waals surface area contributed by atoms with Gasteiger partial charge >= 0.3 is 0 Å². The van der Waals surface area contributed by atoms with E-state index in [-0.39, 0.29) is 30.1 Å². The van der Waals surface area contributed by atoms with Crippen molar-refractivity contribution in [1.82, 2.24) is 19.1 Å². The molecule has 2 heterocycles. The van der Waals surface area contributed by atoms with Crippen LogP contribution in [-0.4, -0.2) is 92.1 Å². The molecule has 190 valence electrons. The molecule has 0 unspecified atom stereocenters. The summed E-state index contributed by atoms with van der Waals surface area (Å²) in [5.74, 6) is 6.36. The van der Waals surface area contributed by atoms with Crippen molar-refractivity contribution in [2.45, 2.75) is 37.4 Å². The second-order valence-corrected chi connectivity index (χ2v) is 11.4. The van der Waals surface area contributed by atoms with Crippen LogP contribution in [0, 0.1) is 17.8 Å². The molecular formula is C26H36N4O4S. The number of aliphatic hydroxyl groups excluding tert-OH is 1. The molecule has 1 aromatic carbocycles. The summed E-state index contributed by atoms with van der Waals surface area (Å²) in [7, 11) is 2.02. The van der Waals surface area contributed by atoms with Crippen molar-refractivity contribution in [1.29, 1.82) is 0 Å². The number of aliphatic hydroxyl groups is 1. The lowest BCUT2D eigenvalue weighted by Gasteiger charge is -2.37. The van der Waals surface area contributed by atoms with Crippen molar-refractivity contribution in [2.24, 2.45) is 5.92 Å². The summed E-state index contributed by atoms with van der Waals surface area (Å²) in [5.41, 5.74) is 1.78. The van der Waals surface area contributed by atoms with Crippen molar-refractivity contribution in [3.05, 3.63) is 53.9 Å². The van der Waals surface area contributed by atoms with Gasteiger partial charge in [0.1, 0.15) is 16.7 Å². The summed E-state index contributed by atoms with van der Waals surface area (Å²) in [4.78, 5) is 8.40. The van der Waals surface area contributed by atoms with Crippen molar-refractivity contribution in [3.63, 3.8) is 0 Å². The van der Waals surface area contributed by atoms with E-state index >= 15 is 0 Å². The molecule has 0 bridgehead atoms. The number of pyridine rings is 1. The monoisotopic (exact) mass is 500 g/mol. The number of benzene rings is 1. The highest BCUT2D eigenvalue weighted by atomic mass is 32.2. The van der Waals surface area contributed by atoms with E-state index in [1.165, 1.54) is 4.31 Å². The zero-order valence-electron chi connectivity index (χ0n) is 21.2. The standard InChI is InChI=1S/C26H36N4O4S/c1-20-16-30(21(2)19-31)35(32,33)26-11-10-22(9-7-13-28(3)4)14-24(26)34-25(20)18-29(5)17-23-8-6-12-27-15-23/h6,8,10-12,14-15,20-21,25,31H,13,16-19H2,1-5H3/t20-,21+,25-/m0/s1. The second kappa shape index (κ2) is 12.0. The number of hydrogen-bond donors (Lipinski definition) is 1. The van der Waals surface area contributed by atoms with Gasteiger partial charge in [-0.2, -0.15) is 4.31 Å². The molecule has 0 fully saturated rings. The van der Waals surface area contributed by atoms with E-state index in [1.807, 2.05) is 51.3 Å². The molecule has 1 aromatic heterocycles. The Morgan fingerprint density at radius 2 is 2.06 bits per heavy atom. The lowest BCUT2D eigenvalue weighted by atomic mass is 10.0. The topological polar surface area (TPSA) is 86.2 Å². The lowest BCUT2D eigenvalue weighted by Crippen LogP contribution is -2.49. The van der Waals surface area contributed by atoms with E-state index in [9.17, 15) is 13.5 Å². The third-order valence-electron chi connectivity index (χ3n) is 5.96. The van der Waals surface area contributed by atoms with Gasteiger partial charge in [-0.05, 0) is 57.9 Å². The smallest absolute Gasteiger partial charge is 0.247 e. The van der Waals surface area contributed by atoms with Crippen LogP contribution < -0.4 is 4.74 Å². The molecule has 8 nitrogen and oxygen atoms in total. The molecule has 2 aromatic rings. The third kappa shape index (κ3) is 7.03. The molecule has 0 spiro atoms. The predicted molar refractivity (Wildman–Crippen MR) is 136 cm³/mol. The van der Waals surface area contributed by atoms with Crippen LogP contribution in [-0.2, 0) is 16.6 Å². The van der Waals surface area contributed by atoms with Crippen LogP contribution in [0.15, 0.2) is 47.6 Å². The highest BCUT2D eigenvalue weighted by molar-refractivity contribution is 7.89. The maximum absolute atomic E-state index is 13.6. The summed E-state index contributed by atoms with van der Waals surface area (Å²) < 4.78 is 35.0. The molecule has 0 radical (unpaired) electrons. The second-order valence-electron chi connectivity index (χ2n) is 9.50. The van der Waals surface area contributed by atoms with Crippen LogP contribution in [0.5, 0.6) is 5.75 Å². The predicted octanol–water partition coefficient (Wildman–Crippen LogP) is 1.90.